The highest BCUT2D eigenvalue weighted by Crippen LogP contribution is 1.90. The number of H-pyrrole nitrogens is 1. The van der Waals surface area contributed by atoms with Gasteiger partial charge in [-0.3, -0.25) is 5.43 Å². The van der Waals surface area contributed by atoms with Crippen LogP contribution in [0.5, 0.6) is 0 Å². The largest absolute Gasteiger partial charge is 0.360 e. The second-order valence-electron chi connectivity index (χ2n) is 2.03. The number of hydrazine groups is 1. The molecule has 0 atom stereocenters. The standard InChI is InChI=1S/C6H6ClN3/c7-6-4-1-2-8-5(4)3-9-10-6/h1-3,8-10H. The molecule has 2 rings (SSSR count). The van der Waals surface area contributed by atoms with Crippen molar-refractivity contribution >= 4 is 23.0 Å². The third kappa shape index (κ3) is 0.675. The summed E-state index contributed by atoms with van der Waals surface area (Å²) in [6, 6.07) is 1.92. The fraction of sp³-hybridized carbons (Fsp3) is 0. The Morgan fingerprint density at radius 1 is 1.40 bits per heavy atom. The molecule has 3 N–H and O–H groups in total. The van der Waals surface area contributed by atoms with Crippen LogP contribution in [0.25, 0.3) is 11.4 Å². The fourth-order valence-electron chi connectivity index (χ4n) is 0.932. The van der Waals surface area contributed by atoms with Crippen molar-refractivity contribution in [3.8, 4) is 0 Å². The van der Waals surface area contributed by atoms with Crippen molar-refractivity contribution in [2.24, 2.45) is 0 Å². The van der Waals surface area contributed by atoms with E-state index in [0.29, 0.717) is 5.16 Å². The van der Waals surface area contributed by atoms with Gasteiger partial charge in [0.05, 0.1) is 5.35 Å². The van der Waals surface area contributed by atoms with E-state index in [9.17, 15) is 0 Å². The van der Waals surface area contributed by atoms with Crippen LogP contribution in [0.4, 0.5) is 0 Å². The molecule has 1 aromatic heterocycles. The van der Waals surface area contributed by atoms with E-state index >= 15 is 0 Å². The molecule has 0 saturated heterocycles. The van der Waals surface area contributed by atoms with E-state index in [0.717, 1.165) is 10.6 Å². The predicted octanol–water partition coefficient (Wildman–Crippen LogP) is -0.835. The Labute approximate surface area is 62.4 Å². The highest BCUT2D eigenvalue weighted by atomic mass is 35.5. The van der Waals surface area contributed by atoms with Crippen LogP contribution in [0.2, 0.25) is 0 Å². The summed E-state index contributed by atoms with van der Waals surface area (Å²) in [6.07, 6.45) is 3.67. The topological polar surface area (TPSA) is 39.9 Å². The molecular formula is C6H6ClN3. The second-order valence-corrected chi connectivity index (χ2v) is 2.41. The summed E-state index contributed by atoms with van der Waals surface area (Å²) in [4.78, 5) is 3.02. The van der Waals surface area contributed by atoms with E-state index in [-0.39, 0.29) is 0 Å². The van der Waals surface area contributed by atoms with Gasteiger partial charge in [-0.15, -0.1) is 0 Å². The minimum absolute atomic E-state index is 0.624. The van der Waals surface area contributed by atoms with Crippen LogP contribution < -0.4 is 21.4 Å². The Kier molecular flexibility index (Phi) is 1.11. The summed E-state index contributed by atoms with van der Waals surface area (Å²) < 4.78 is 0. The van der Waals surface area contributed by atoms with Gasteiger partial charge in [0.25, 0.3) is 0 Å². The van der Waals surface area contributed by atoms with E-state index in [1.54, 1.807) is 0 Å². The average molecular weight is 156 g/mol. The molecule has 0 aromatic carbocycles. The van der Waals surface area contributed by atoms with Gasteiger partial charge in [-0.25, -0.2) is 0 Å². The molecule has 0 saturated carbocycles. The summed E-state index contributed by atoms with van der Waals surface area (Å²) in [5.74, 6) is 0. The molecule has 0 bridgehead atoms. The Morgan fingerprint density at radius 3 is 3.10 bits per heavy atom. The average Bonchev–Trinajstić information content (AvgIpc) is 2.36. The Hall–Kier alpha value is -1.09. The highest BCUT2D eigenvalue weighted by Gasteiger charge is 1.98. The molecule has 1 aliphatic rings. The first-order valence-corrected chi connectivity index (χ1v) is 3.30. The molecule has 10 heavy (non-hydrogen) atoms. The molecule has 0 fully saturated rings. The van der Waals surface area contributed by atoms with Crippen molar-refractivity contribution in [1.29, 1.82) is 0 Å². The van der Waals surface area contributed by atoms with Crippen molar-refractivity contribution in [3.63, 3.8) is 0 Å². The summed E-state index contributed by atoms with van der Waals surface area (Å²) in [5, 5.41) is 2.63. The van der Waals surface area contributed by atoms with Crippen molar-refractivity contribution in [2.75, 3.05) is 0 Å². The third-order valence-corrected chi connectivity index (χ3v) is 1.71. The molecule has 1 aromatic rings. The van der Waals surface area contributed by atoms with Crippen molar-refractivity contribution in [2.45, 2.75) is 0 Å². The predicted molar refractivity (Wildman–Crippen MR) is 40.0 cm³/mol. The molecule has 0 spiro atoms. The quantitative estimate of drug-likeness (QED) is 0.428. The molecule has 1 aliphatic heterocycles. The number of fused-ring (bicyclic) bond motifs is 1. The molecule has 0 aliphatic carbocycles. The molecule has 0 unspecified atom stereocenters. The van der Waals surface area contributed by atoms with Gasteiger partial charge in [0.1, 0.15) is 5.16 Å². The third-order valence-electron chi connectivity index (χ3n) is 1.41. The smallest absolute Gasteiger partial charge is 0.130 e. The molecular weight excluding hydrogens is 150 g/mol. The van der Waals surface area contributed by atoms with Crippen LogP contribution >= 0.6 is 11.6 Å². The van der Waals surface area contributed by atoms with Crippen LogP contribution in [0.1, 0.15) is 0 Å². The number of halogens is 1. The van der Waals surface area contributed by atoms with Crippen molar-refractivity contribution in [1.82, 2.24) is 15.8 Å². The minimum atomic E-state index is 0.624. The number of rotatable bonds is 0. The van der Waals surface area contributed by atoms with Gasteiger partial charge >= 0.3 is 0 Å². The van der Waals surface area contributed by atoms with Crippen LogP contribution in [-0.4, -0.2) is 4.98 Å². The van der Waals surface area contributed by atoms with E-state index < -0.39 is 0 Å². The summed E-state index contributed by atoms with van der Waals surface area (Å²) >= 11 is 5.79. The molecule has 4 heteroatoms. The van der Waals surface area contributed by atoms with Gasteiger partial charge in [0.2, 0.25) is 0 Å². The monoisotopic (exact) mass is 155 g/mol. The normalized spacial score (nSPS) is 14.7. The maximum absolute atomic E-state index is 5.79. The summed E-state index contributed by atoms with van der Waals surface area (Å²) in [5.41, 5.74) is 5.58. The van der Waals surface area contributed by atoms with E-state index in [2.05, 4.69) is 15.8 Å². The Bertz CT molecular complexity index is 351. The second kappa shape index (κ2) is 1.95. The Morgan fingerprint density at radius 2 is 2.30 bits per heavy atom. The van der Waals surface area contributed by atoms with Gasteiger partial charge in [-0.2, -0.15) is 0 Å². The molecule has 52 valence electrons. The number of hydrogen-bond donors (Lipinski definition) is 3. The number of hydrogen-bond acceptors (Lipinski definition) is 2. The first-order valence-electron chi connectivity index (χ1n) is 2.93. The lowest BCUT2D eigenvalue weighted by Gasteiger charge is -2.05. The zero-order valence-corrected chi connectivity index (χ0v) is 5.87. The zero-order chi connectivity index (χ0) is 6.97. The maximum atomic E-state index is 5.79. The van der Waals surface area contributed by atoms with Crippen LogP contribution in [0.15, 0.2) is 12.3 Å². The lowest BCUT2D eigenvalue weighted by atomic mass is 10.4. The van der Waals surface area contributed by atoms with E-state index in [1.165, 1.54) is 0 Å². The SMILES string of the molecule is ClC1=c2cc[nH]c2=CNN1. The summed E-state index contributed by atoms with van der Waals surface area (Å²) in [6.45, 7) is 0. The van der Waals surface area contributed by atoms with Crippen molar-refractivity contribution in [3.05, 3.63) is 22.8 Å². The minimum Gasteiger partial charge on any atom is -0.360 e. The van der Waals surface area contributed by atoms with Crippen LogP contribution in [0.3, 0.4) is 0 Å². The fourth-order valence-corrected chi connectivity index (χ4v) is 1.15. The van der Waals surface area contributed by atoms with Gasteiger partial charge in [0, 0.05) is 17.6 Å². The molecule has 2 heterocycles. The first kappa shape index (κ1) is 5.68. The first-order chi connectivity index (χ1) is 4.88. The van der Waals surface area contributed by atoms with Gasteiger partial charge in [-0.05, 0) is 6.07 Å². The highest BCUT2D eigenvalue weighted by molar-refractivity contribution is 6.44. The van der Waals surface area contributed by atoms with Gasteiger partial charge in [0.15, 0.2) is 0 Å². The van der Waals surface area contributed by atoms with Gasteiger partial charge < -0.3 is 10.4 Å². The molecule has 3 nitrogen and oxygen atoms in total. The van der Waals surface area contributed by atoms with E-state index in [4.69, 9.17) is 11.6 Å². The van der Waals surface area contributed by atoms with Crippen LogP contribution in [-0.2, 0) is 0 Å². The van der Waals surface area contributed by atoms with E-state index in [1.807, 2.05) is 18.5 Å². The number of aromatic nitrogens is 1. The maximum Gasteiger partial charge on any atom is 0.130 e. The number of nitrogens with one attached hydrogen (secondary N) is 3. The van der Waals surface area contributed by atoms with Crippen LogP contribution in [0, 0.1) is 0 Å². The molecule has 0 amide bonds. The lowest BCUT2D eigenvalue weighted by Crippen LogP contribution is -2.40. The van der Waals surface area contributed by atoms with Gasteiger partial charge in [-0.1, -0.05) is 11.6 Å². The molecule has 0 radical (unpaired) electrons. The Balaban J connectivity index is 2.91. The van der Waals surface area contributed by atoms with Crippen molar-refractivity contribution < 1.29 is 0 Å². The number of aromatic amines is 1. The lowest BCUT2D eigenvalue weighted by molar-refractivity contribution is 0.831. The summed E-state index contributed by atoms with van der Waals surface area (Å²) in [7, 11) is 0. The zero-order valence-electron chi connectivity index (χ0n) is 5.11.